The van der Waals surface area contributed by atoms with Crippen LogP contribution in [0.4, 0.5) is 5.69 Å². The molecule has 0 amide bonds. The molecule has 4 rings (SSSR count). The number of aliphatic hydroxyl groups is 1. The fourth-order valence-corrected chi connectivity index (χ4v) is 3.67. The molecular formula is C25H24N4O2. The fourth-order valence-electron chi connectivity index (χ4n) is 3.67. The minimum Gasteiger partial charge on any atom is -0.462 e. The molecule has 2 aromatic carbocycles. The van der Waals surface area contributed by atoms with Crippen LogP contribution in [0.2, 0.25) is 0 Å². The molecule has 6 N–H and O–H groups in total. The number of benzene rings is 2. The van der Waals surface area contributed by atoms with Crippen LogP contribution in [0.25, 0.3) is 16.8 Å². The molecule has 0 spiro atoms. The van der Waals surface area contributed by atoms with Gasteiger partial charge in [-0.25, -0.2) is 0 Å². The molecule has 0 aliphatic heterocycles. The van der Waals surface area contributed by atoms with E-state index in [0.717, 1.165) is 46.6 Å². The number of hydrogen-bond donors (Lipinski definition) is 4. The van der Waals surface area contributed by atoms with Crippen molar-refractivity contribution < 1.29 is 9.84 Å². The Morgan fingerprint density at radius 1 is 1.06 bits per heavy atom. The number of aliphatic hydroxyl groups excluding tert-OH is 1. The van der Waals surface area contributed by atoms with Gasteiger partial charge in [0.15, 0.2) is 0 Å². The third kappa shape index (κ3) is 4.34. The minimum absolute atomic E-state index is 0.0714. The SMILES string of the molecule is N=C(N)c1c(C2=CC=C(Oc3ccccc3)CC2)cnc(-c2cccc(CO)c2)c1N. The third-order valence-electron chi connectivity index (χ3n) is 5.22. The molecule has 1 heterocycles. The first-order valence-corrected chi connectivity index (χ1v) is 10.0. The van der Waals surface area contributed by atoms with Crippen molar-refractivity contribution in [3.63, 3.8) is 0 Å². The third-order valence-corrected chi connectivity index (χ3v) is 5.22. The van der Waals surface area contributed by atoms with E-state index in [1.807, 2.05) is 66.7 Å². The van der Waals surface area contributed by atoms with E-state index in [1.165, 1.54) is 0 Å². The summed E-state index contributed by atoms with van der Waals surface area (Å²) in [5, 5.41) is 17.5. The van der Waals surface area contributed by atoms with E-state index in [1.54, 1.807) is 6.20 Å². The lowest BCUT2D eigenvalue weighted by Crippen LogP contribution is -2.18. The molecule has 1 aromatic heterocycles. The molecule has 1 aliphatic carbocycles. The Kier molecular flexibility index (Phi) is 5.82. The van der Waals surface area contributed by atoms with E-state index in [4.69, 9.17) is 21.6 Å². The van der Waals surface area contributed by atoms with Crippen LogP contribution in [0, 0.1) is 5.41 Å². The van der Waals surface area contributed by atoms with Gasteiger partial charge in [-0.15, -0.1) is 0 Å². The number of pyridine rings is 1. The van der Waals surface area contributed by atoms with Crippen LogP contribution in [0.1, 0.15) is 29.5 Å². The molecule has 0 unspecified atom stereocenters. The fraction of sp³-hybridized carbons (Fsp3) is 0.120. The van der Waals surface area contributed by atoms with E-state index in [2.05, 4.69) is 4.98 Å². The van der Waals surface area contributed by atoms with E-state index < -0.39 is 0 Å². The number of rotatable bonds is 6. The Balaban J connectivity index is 1.69. The van der Waals surface area contributed by atoms with Gasteiger partial charge in [-0.1, -0.05) is 42.5 Å². The number of hydrogen-bond acceptors (Lipinski definition) is 5. The zero-order valence-electron chi connectivity index (χ0n) is 17.0. The highest BCUT2D eigenvalue weighted by atomic mass is 16.5. The second kappa shape index (κ2) is 8.85. The summed E-state index contributed by atoms with van der Waals surface area (Å²) < 4.78 is 5.93. The minimum atomic E-state index is -0.106. The molecule has 0 saturated heterocycles. The Labute approximate surface area is 181 Å². The highest BCUT2D eigenvalue weighted by Crippen LogP contribution is 2.35. The largest absolute Gasteiger partial charge is 0.462 e. The van der Waals surface area contributed by atoms with Gasteiger partial charge in [-0.2, -0.15) is 0 Å². The number of para-hydroxylation sites is 1. The zero-order chi connectivity index (χ0) is 21.8. The van der Waals surface area contributed by atoms with Gasteiger partial charge in [0.25, 0.3) is 0 Å². The van der Waals surface area contributed by atoms with Gasteiger partial charge < -0.3 is 21.3 Å². The van der Waals surface area contributed by atoms with Crippen LogP contribution < -0.4 is 16.2 Å². The normalized spacial score (nSPS) is 13.3. The van der Waals surface area contributed by atoms with Gasteiger partial charge in [0.1, 0.15) is 17.3 Å². The number of nitrogen functional groups attached to an aromatic ring is 2. The smallest absolute Gasteiger partial charge is 0.126 e. The average Bonchev–Trinajstić information content (AvgIpc) is 2.80. The first-order chi connectivity index (χ1) is 15.1. The molecule has 6 nitrogen and oxygen atoms in total. The second-order valence-corrected chi connectivity index (χ2v) is 7.32. The van der Waals surface area contributed by atoms with Gasteiger partial charge in [0.2, 0.25) is 0 Å². The molecule has 0 fully saturated rings. The number of ether oxygens (including phenoxy) is 1. The van der Waals surface area contributed by atoms with Crippen molar-refractivity contribution in [2.24, 2.45) is 5.73 Å². The van der Waals surface area contributed by atoms with Crippen molar-refractivity contribution in [2.45, 2.75) is 19.4 Å². The van der Waals surface area contributed by atoms with Gasteiger partial charge >= 0.3 is 0 Å². The monoisotopic (exact) mass is 412 g/mol. The maximum absolute atomic E-state index is 9.42. The summed E-state index contributed by atoms with van der Waals surface area (Å²) in [5.41, 5.74) is 17.0. The van der Waals surface area contributed by atoms with Crippen LogP contribution in [0.15, 0.2) is 78.7 Å². The lowest BCUT2D eigenvalue weighted by molar-refractivity contribution is 0.282. The van der Waals surface area contributed by atoms with Crippen molar-refractivity contribution in [3.05, 3.63) is 95.4 Å². The first kappa shape index (κ1) is 20.4. The first-order valence-electron chi connectivity index (χ1n) is 10.0. The van der Waals surface area contributed by atoms with E-state index >= 15 is 0 Å². The van der Waals surface area contributed by atoms with E-state index in [-0.39, 0.29) is 12.4 Å². The van der Waals surface area contributed by atoms with Gasteiger partial charge in [0.05, 0.1) is 23.6 Å². The maximum Gasteiger partial charge on any atom is 0.126 e. The summed E-state index contributed by atoms with van der Waals surface area (Å²) in [6, 6.07) is 17.0. The average molecular weight is 412 g/mol. The topological polar surface area (TPSA) is 118 Å². The van der Waals surface area contributed by atoms with E-state index in [0.29, 0.717) is 16.9 Å². The Morgan fingerprint density at radius 2 is 1.87 bits per heavy atom. The number of anilines is 1. The molecule has 31 heavy (non-hydrogen) atoms. The predicted octanol–water partition coefficient (Wildman–Crippen LogP) is 4.25. The van der Waals surface area contributed by atoms with Crippen LogP contribution in [-0.2, 0) is 6.61 Å². The number of nitrogens with one attached hydrogen (secondary N) is 1. The number of allylic oxidation sites excluding steroid dienone is 4. The highest BCUT2D eigenvalue weighted by molar-refractivity contribution is 6.06. The summed E-state index contributed by atoms with van der Waals surface area (Å²) in [7, 11) is 0. The van der Waals surface area contributed by atoms with Crippen molar-refractivity contribution >= 4 is 17.1 Å². The second-order valence-electron chi connectivity index (χ2n) is 7.32. The van der Waals surface area contributed by atoms with Crippen LogP contribution in [0.5, 0.6) is 5.75 Å². The summed E-state index contributed by atoms with van der Waals surface area (Å²) >= 11 is 0. The van der Waals surface area contributed by atoms with Gasteiger partial charge in [0, 0.05) is 23.7 Å². The molecule has 6 heteroatoms. The van der Waals surface area contributed by atoms with Crippen LogP contribution >= 0.6 is 0 Å². The standard InChI is InChI=1S/C25H24N4O2/c26-23-22(25(27)28)21(14-29-24(23)18-6-4-5-16(13-18)15-30)17-9-11-20(12-10-17)31-19-7-2-1-3-8-19/h1-9,11,13-14,30H,10,12,15,26H2,(H3,27,28). The quantitative estimate of drug-likeness (QED) is 0.357. The summed E-state index contributed by atoms with van der Waals surface area (Å²) in [6.07, 6.45) is 7.07. The zero-order valence-corrected chi connectivity index (χ0v) is 17.0. The molecule has 3 aromatic rings. The Bertz CT molecular complexity index is 1180. The maximum atomic E-state index is 9.42. The molecule has 0 bridgehead atoms. The lowest BCUT2D eigenvalue weighted by Gasteiger charge is -2.20. The summed E-state index contributed by atoms with van der Waals surface area (Å²) in [4.78, 5) is 4.58. The Morgan fingerprint density at radius 3 is 2.55 bits per heavy atom. The summed E-state index contributed by atoms with van der Waals surface area (Å²) in [6.45, 7) is -0.0714. The molecule has 0 saturated carbocycles. The number of aromatic nitrogens is 1. The van der Waals surface area contributed by atoms with Gasteiger partial charge in [-0.05, 0) is 41.8 Å². The van der Waals surface area contributed by atoms with Crippen LogP contribution in [-0.4, -0.2) is 15.9 Å². The molecule has 1 aliphatic rings. The molecule has 0 atom stereocenters. The van der Waals surface area contributed by atoms with Crippen molar-refractivity contribution in [1.82, 2.24) is 4.98 Å². The number of nitrogens with two attached hydrogens (primary N) is 2. The predicted molar refractivity (Wildman–Crippen MR) is 123 cm³/mol. The molecular weight excluding hydrogens is 388 g/mol. The Hall–Kier alpha value is -3.90. The van der Waals surface area contributed by atoms with E-state index in [9.17, 15) is 5.11 Å². The summed E-state index contributed by atoms with van der Waals surface area (Å²) in [5.74, 6) is 1.57. The number of nitrogens with zero attached hydrogens (tertiary/aromatic N) is 1. The van der Waals surface area contributed by atoms with Crippen molar-refractivity contribution in [2.75, 3.05) is 5.73 Å². The van der Waals surface area contributed by atoms with Crippen molar-refractivity contribution in [1.29, 1.82) is 5.41 Å². The lowest BCUT2D eigenvalue weighted by atomic mass is 9.91. The highest BCUT2D eigenvalue weighted by Gasteiger charge is 2.20. The molecule has 156 valence electrons. The molecule has 0 radical (unpaired) electrons. The number of amidine groups is 1. The van der Waals surface area contributed by atoms with Gasteiger partial charge in [-0.3, -0.25) is 10.4 Å². The van der Waals surface area contributed by atoms with Crippen molar-refractivity contribution in [3.8, 4) is 17.0 Å². The van der Waals surface area contributed by atoms with Crippen LogP contribution in [0.3, 0.4) is 0 Å².